The molecule has 0 spiro atoms. The van der Waals surface area contributed by atoms with Crippen LogP contribution in [-0.4, -0.2) is 35.2 Å². The lowest BCUT2D eigenvalue weighted by molar-refractivity contribution is -0.118. The number of aliphatic hydroxyl groups is 1. The molecule has 0 aliphatic carbocycles. The fourth-order valence-electron chi connectivity index (χ4n) is 0.724. The smallest absolute Gasteiger partial charge is 0.230 e. The topological polar surface area (TPSA) is 49.3 Å². The second-order valence-corrected chi connectivity index (χ2v) is 4.16. The van der Waals surface area contributed by atoms with Crippen LogP contribution in [0.2, 0.25) is 0 Å². The average Bonchev–Trinajstić information content (AvgIpc) is 2.09. The predicted molar refractivity (Wildman–Crippen MR) is 56.9 cm³/mol. The number of carbonyl (C=O) groups excluding carboxylic acids is 1. The molecule has 4 heteroatoms. The van der Waals surface area contributed by atoms with Gasteiger partial charge in [-0.25, -0.2) is 0 Å². The van der Waals surface area contributed by atoms with Gasteiger partial charge in [0.25, 0.3) is 0 Å². The van der Waals surface area contributed by atoms with Gasteiger partial charge < -0.3 is 10.4 Å². The number of amides is 1. The maximum absolute atomic E-state index is 11.1. The minimum absolute atomic E-state index is 0.0157. The fourth-order valence-corrected chi connectivity index (χ4v) is 1.65. The Morgan fingerprint density at radius 3 is 2.85 bits per heavy atom. The van der Waals surface area contributed by atoms with Crippen LogP contribution in [-0.2, 0) is 4.79 Å². The van der Waals surface area contributed by atoms with Crippen molar-refractivity contribution in [3.63, 3.8) is 0 Å². The van der Waals surface area contributed by atoms with Gasteiger partial charge >= 0.3 is 0 Å². The van der Waals surface area contributed by atoms with E-state index in [0.29, 0.717) is 12.3 Å². The summed E-state index contributed by atoms with van der Waals surface area (Å²) in [4.78, 5) is 11.1. The van der Waals surface area contributed by atoms with Gasteiger partial charge in [0.2, 0.25) is 5.91 Å². The minimum Gasteiger partial charge on any atom is -0.392 e. The SMILES string of the molecule is CCCCSCC(=O)NC[C@@H](C)O. The fraction of sp³-hybridized carbons (Fsp3) is 0.889. The Labute approximate surface area is 84.3 Å². The van der Waals surface area contributed by atoms with Crippen molar-refractivity contribution in [1.82, 2.24) is 5.32 Å². The second kappa shape index (κ2) is 8.38. The normalized spacial score (nSPS) is 12.5. The average molecular weight is 205 g/mol. The van der Waals surface area contributed by atoms with Gasteiger partial charge in [-0.2, -0.15) is 11.8 Å². The van der Waals surface area contributed by atoms with Gasteiger partial charge in [-0.1, -0.05) is 13.3 Å². The third-order valence-electron chi connectivity index (χ3n) is 1.47. The first-order chi connectivity index (χ1) is 6.16. The molecule has 0 bridgehead atoms. The van der Waals surface area contributed by atoms with E-state index in [1.165, 1.54) is 6.42 Å². The van der Waals surface area contributed by atoms with E-state index >= 15 is 0 Å². The molecule has 0 rings (SSSR count). The van der Waals surface area contributed by atoms with Crippen molar-refractivity contribution in [2.24, 2.45) is 0 Å². The van der Waals surface area contributed by atoms with Gasteiger partial charge in [-0.15, -0.1) is 0 Å². The van der Waals surface area contributed by atoms with Gasteiger partial charge in [0.15, 0.2) is 0 Å². The third-order valence-corrected chi connectivity index (χ3v) is 2.51. The predicted octanol–water partition coefficient (Wildman–Crippen LogP) is 1.02. The molecule has 0 aromatic carbocycles. The van der Waals surface area contributed by atoms with E-state index in [1.807, 2.05) is 0 Å². The molecule has 0 aliphatic heterocycles. The lowest BCUT2D eigenvalue weighted by atomic mass is 10.4. The quantitative estimate of drug-likeness (QED) is 0.610. The molecule has 0 fully saturated rings. The summed E-state index contributed by atoms with van der Waals surface area (Å²) >= 11 is 1.64. The van der Waals surface area contributed by atoms with E-state index in [1.54, 1.807) is 18.7 Å². The summed E-state index contributed by atoms with van der Waals surface area (Å²) in [5.41, 5.74) is 0. The first-order valence-electron chi connectivity index (χ1n) is 4.69. The van der Waals surface area contributed by atoms with Crippen LogP contribution in [0, 0.1) is 0 Å². The molecule has 0 aromatic heterocycles. The zero-order chi connectivity index (χ0) is 10.1. The third kappa shape index (κ3) is 9.70. The summed E-state index contributed by atoms with van der Waals surface area (Å²) in [6.07, 6.45) is 1.88. The lowest BCUT2D eigenvalue weighted by Gasteiger charge is -2.06. The van der Waals surface area contributed by atoms with Crippen molar-refractivity contribution < 1.29 is 9.90 Å². The summed E-state index contributed by atoms with van der Waals surface area (Å²) in [6, 6.07) is 0. The van der Waals surface area contributed by atoms with Gasteiger partial charge in [-0.05, 0) is 19.1 Å². The number of thioether (sulfide) groups is 1. The number of rotatable bonds is 7. The number of hydrogen-bond donors (Lipinski definition) is 2. The molecule has 0 aliphatic rings. The van der Waals surface area contributed by atoms with Crippen molar-refractivity contribution in [2.75, 3.05) is 18.1 Å². The van der Waals surface area contributed by atoms with Gasteiger partial charge in [-0.3, -0.25) is 4.79 Å². The first-order valence-corrected chi connectivity index (χ1v) is 5.84. The molecule has 0 unspecified atom stereocenters. The van der Waals surface area contributed by atoms with Crippen LogP contribution in [0.15, 0.2) is 0 Å². The minimum atomic E-state index is -0.454. The lowest BCUT2D eigenvalue weighted by Crippen LogP contribution is -2.31. The molecule has 0 saturated carbocycles. The molecule has 13 heavy (non-hydrogen) atoms. The molecule has 2 N–H and O–H groups in total. The Kier molecular flexibility index (Phi) is 8.24. The zero-order valence-corrected chi connectivity index (χ0v) is 9.19. The number of unbranched alkanes of at least 4 members (excludes halogenated alkanes) is 1. The molecule has 78 valence electrons. The van der Waals surface area contributed by atoms with Crippen LogP contribution in [0.25, 0.3) is 0 Å². The van der Waals surface area contributed by atoms with E-state index in [4.69, 9.17) is 5.11 Å². The molecule has 1 atom stereocenters. The summed E-state index contributed by atoms with van der Waals surface area (Å²) in [5, 5.41) is 11.5. The highest BCUT2D eigenvalue weighted by atomic mass is 32.2. The molecule has 0 aromatic rings. The number of carbonyl (C=O) groups is 1. The largest absolute Gasteiger partial charge is 0.392 e. The molecule has 3 nitrogen and oxygen atoms in total. The van der Waals surface area contributed by atoms with Crippen molar-refractivity contribution in [3.05, 3.63) is 0 Å². The van der Waals surface area contributed by atoms with E-state index in [2.05, 4.69) is 12.2 Å². The number of nitrogens with one attached hydrogen (secondary N) is 1. The zero-order valence-electron chi connectivity index (χ0n) is 8.38. The van der Waals surface area contributed by atoms with Crippen LogP contribution < -0.4 is 5.32 Å². The highest BCUT2D eigenvalue weighted by Crippen LogP contribution is 2.03. The highest BCUT2D eigenvalue weighted by Gasteiger charge is 2.01. The molecule has 1 amide bonds. The van der Waals surface area contributed by atoms with E-state index in [0.717, 1.165) is 12.2 Å². The molecular formula is C9H19NO2S. The Balaban J connectivity index is 3.20. The Bertz CT molecular complexity index is 140. The van der Waals surface area contributed by atoms with Gasteiger partial charge in [0.05, 0.1) is 11.9 Å². The van der Waals surface area contributed by atoms with Crippen LogP contribution in [0.1, 0.15) is 26.7 Å². The molecule has 0 radical (unpaired) electrons. The second-order valence-electron chi connectivity index (χ2n) is 3.06. The summed E-state index contributed by atoms with van der Waals surface area (Å²) < 4.78 is 0. The van der Waals surface area contributed by atoms with E-state index in [9.17, 15) is 4.79 Å². The molecular weight excluding hydrogens is 186 g/mol. The standard InChI is InChI=1S/C9H19NO2S/c1-3-4-5-13-7-9(12)10-6-8(2)11/h8,11H,3-7H2,1-2H3,(H,10,12)/t8-/m1/s1. The van der Waals surface area contributed by atoms with Crippen molar-refractivity contribution in [2.45, 2.75) is 32.8 Å². The maximum Gasteiger partial charge on any atom is 0.230 e. The Morgan fingerprint density at radius 1 is 1.62 bits per heavy atom. The molecule has 0 heterocycles. The van der Waals surface area contributed by atoms with Crippen LogP contribution in [0.3, 0.4) is 0 Å². The monoisotopic (exact) mass is 205 g/mol. The van der Waals surface area contributed by atoms with E-state index < -0.39 is 6.10 Å². The van der Waals surface area contributed by atoms with Crippen molar-refractivity contribution in [3.8, 4) is 0 Å². The van der Waals surface area contributed by atoms with Crippen molar-refractivity contribution >= 4 is 17.7 Å². The Morgan fingerprint density at radius 2 is 2.31 bits per heavy atom. The van der Waals surface area contributed by atoms with Crippen LogP contribution >= 0.6 is 11.8 Å². The maximum atomic E-state index is 11.1. The summed E-state index contributed by atoms with van der Waals surface area (Å²) in [5.74, 6) is 1.56. The van der Waals surface area contributed by atoms with Gasteiger partial charge in [0, 0.05) is 6.54 Å². The van der Waals surface area contributed by atoms with Crippen LogP contribution in [0.4, 0.5) is 0 Å². The summed E-state index contributed by atoms with van der Waals surface area (Å²) in [7, 11) is 0. The van der Waals surface area contributed by atoms with E-state index in [-0.39, 0.29) is 5.91 Å². The first kappa shape index (κ1) is 12.8. The Hall–Kier alpha value is -0.220. The van der Waals surface area contributed by atoms with Crippen LogP contribution in [0.5, 0.6) is 0 Å². The number of hydrogen-bond acceptors (Lipinski definition) is 3. The molecule has 0 saturated heterocycles. The summed E-state index contributed by atoms with van der Waals surface area (Å²) in [6.45, 7) is 4.14. The van der Waals surface area contributed by atoms with Gasteiger partial charge in [0.1, 0.15) is 0 Å². The highest BCUT2D eigenvalue weighted by molar-refractivity contribution is 7.99. The van der Waals surface area contributed by atoms with Crippen molar-refractivity contribution in [1.29, 1.82) is 0 Å². The number of aliphatic hydroxyl groups excluding tert-OH is 1.